The van der Waals surface area contributed by atoms with Crippen LogP contribution in [-0.2, 0) is 10.8 Å². The fourth-order valence-electron chi connectivity index (χ4n) is 2.82. The smallest absolute Gasteiger partial charge is 0.126 e. The molecule has 0 aliphatic rings. The molecule has 0 fully saturated rings. The molecule has 0 radical (unpaired) electrons. The summed E-state index contributed by atoms with van der Waals surface area (Å²) in [6, 6.07) is 4.66. The van der Waals surface area contributed by atoms with E-state index < -0.39 is 0 Å². The molecule has 2 nitrogen and oxygen atoms in total. The molecule has 0 aliphatic heterocycles. The van der Waals surface area contributed by atoms with E-state index in [-0.39, 0.29) is 16.9 Å². The lowest BCUT2D eigenvalue weighted by Crippen LogP contribution is -2.22. The Morgan fingerprint density at radius 3 is 1.74 bits per heavy atom. The summed E-state index contributed by atoms with van der Waals surface area (Å²) in [6.45, 7) is 18.6. The minimum absolute atomic E-state index is 0.0328. The minimum atomic E-state index is 0.0328. The monoisotopic (exact) mass is 319 g/mol. The van der Waals surface area contributed by atoms with Crippen LogP contribution in [0, 0.1) is 0 Å². The van der Waals surface area contributed by atoms with Crippen molar-refractivity contribution in [3.63, 3.8) is 0 Å². The van der Waals surface area contributed by atoms with Crippen LogP contribution in [0.5, 0.6) is 5.75 Å². The van der Waals surface area contributed by atoms with Gasteiger partial charge >= 0.3 is 0 Å². The minimum Gasteiger partial charge on any atom is -0.493 e. The van der Waals surface area contributed by atoms with Crippen LogP contribution >= 0.6 is 0 Å². The van der Waals surface area contributed by atoms with Crippen molar-refractivity contribution >= 4 is 0 Å². The van der Waals surface area contributed by atoms with E-state index in [2.05, 4.69) is 67.5 Å². The Morgan fingerprint density at radius 2 is 1.39 bits per heavy atom. The summed E-state index contributed by atoms with van der Waals surface area (Å²) in [5, 5.41) is 0. The van der Waals surface area contributed by atoms with Gasteiger partial charge in [0.05, 0.1) is 6.61 Å². The van der Waals surface area contributed by atoms with E-state index in [4.69, 9.17) is 10.5 Å². The third kappa shape index (κ3) is 5.24. The first-order chi connectivity index (χ1) is 10.5. The molecule has 0 saturated heterocycles. The molecule has 0 aromatic heterocycles. The highest BCUT2D eigenvalue weighted by Gasteiger charge is 2.28. The van der Waals surface area contributed by atoms with Gasteiger partial charge in [-0.2, -0.15) is 0 Å². The summed E-state index contributed by atoms with van der Waals surface area (Å²) in [6.07, 6.45) is 3.14. The van der Waals surface area contributed by atoms with Gasteiger partial charge in [0.2, 0.25) is 0 Å². The summed E-state index contributed by atoms with van der Waals surface area (Å²) in [7, 11) is 0. The van der Waals surface area contributed by atoms with E-state index in [0.29, 0.717) is 0 Å². The van der Waals surface area contributed by atoms with Crippen LogP contribution < -0.4 is 10.5 Å². The van der Waals surface area contributed by atoms with E-state index >= 15 is 0 Å². The molecule has 23 heavy (non-hydrogen) atoms. The Hall–Kier alpha value is -1.02. The maximum absolute atomic E-state index is 6.44. The molecule has 2 N–H and O–H groups in total. The van der Waals surface area contributed by atoms with E-state index in [1.165, 1.54) is 16.7 Å². The number of hydrogen-bond acceptors (Lipinski definition) is 2. The number of hydrogen-bond donors (Lipinski definition) is 1. The van der Waals surface area contributed by atoms with Gasteiger partial charge in [-0.05, 0) is 41.4 Å². The van der Waals surface area contributed by atoms with Crippen LogP contribution in [0.4, 0.5) is 0 Å². The zero-order chi connectivity index (χ0) is 17.8. The summed E-state index contributed by atoms with van der Waals surface area (Å²) in [5.41, 5.74) is 10.3. The van der Waals surface area contributed by atoms with Crippen molar-refractivity contribution < 1.29 is 4.74 Å². The lowest BCUT2D eigenvalue weighted by molar-refractivity contribution is 0.299. The summed E-state index contributed by atoms with van der Waals surface area (Å²) < 4.78 is 6.22. The van der Waals surface area contributed by atoms with Gasteiger partial charge in [-0.1, -0.05) is 61.8 Å². The van der Waals surface area contributed by atoms with Gasteiger partial charge in [-0.15, -0.1) is 0 Å². The third-order valence-electron chi connectivity index (χ3n) is 4.21. The number of nitrogens with two attached hydrogens (primary N) is 1. The Kier molecular flexibility index (Phi) is 6.70. The SMILES string of the molecule is CCCOc1c(C(C)(C)C)cc(C(N)CCC)cc1C(C)(C)C. The first kappa shape index (κ1) is 20.0. The Morgan fingerprint density at radius 1 is 0.913 bits per heavy atom. The molecule has 0 bridgehead atoms. The Labute approximate surface area is 143 Å². The maximum Gasteiger partial charge on any atom is 0.126 e. The van der Waals surface area contributed by atoms with Gasteiger partial charge in [-0.25, -0.2) is 0 Å². The number of ether oxygens (including phenoxy) is 1. The zero-order valence-corrected chi connectivity index (χ0v) is 16.5. The predicted octanol–water partition coefficient (Wildman–Crippen LogP) is 5.87. The molecule has 0 spiro atoms. The van der Waals surface area contributed by atoms with E-state index in [0.717, 1.165) is 31.6 Å². The Balaban J connectivity index is 3.58. The summed E-state index contributed by atoms with van der Waals surface area (Å²) in [4.78, 5) is 0. The van der Waals surface area contributed by atoms with Crippen molar-refractivity contribution in [1.29, 1.82) is 0 Å². The predicted molar refractivity (Wildman–Crippen MR) is 101 cm³/mol. The van der Waals surface area contributed by atoms with Crippen molar-refractivity contribution in [3.05, 3.63) is 28.8 Å². The average Bonchev–Trinajstić information content (AvgIpc) is 2.42. The first-order valence-corrected chi connectivity index (χ1v) is 9.09. The van der Waals surface area contributed by atoms with Crippen molar-refractivity contribution in [2.24, 2.45) is 5.73 Å². The zero-order valence-electron chi connectivity index (χ0n) is 16.5. The molecule has 0 saturated carbocycles. The van der Waals surface area contributed by atoms with Crippen LogP contribution in [0.3, 0.4) is 0 Å². The summed E-state index contributed by atoms with van der Waals surface area (Å²) in [5.74, 6) is 1.07. The molecular weight excluding hydrogens is 282 g/mol. The highest BCUT2D eigenvalue weighted by Crippen LogP contribution is 2.42. The lowest BCUT2D eigenvalue weighted by Gasteiger charge is -2.31. The molecular formula is C21H37NO. The second kappa shape index (κ2) is 7.70. The van der Waals surface area contributed by atoms with Crippen molar-refractivity contribution in [2.45, 2.75) is 91.5 Å². The molecule has 1 atom stereocenters. The molecule has 1 aromatic carbocycles. The second-order valence-corrected chi connectivity index (χ2v) is 8.69. The van der Waals surface area contributed by atoms with Crippen molar-refractivity contribution in [1.82, 2.24) is 0 Å². The van der Waals surface area contributed by atoms with Gasteiger partial charge in [-0.3, -0.25) is 0 Å². The van der Waals surface area contributed by atoms with Gasteiger partial charge < -0.3 is 10.5 Å². The van der Waals surface area contributed by atoms with E-state index in [1.807, 2.05) is 0 Å². The van der Waals surface area contributed by atoms with Crippen LogP contribution in [0.1, 0.15) is 97.4 Å². The molecule has 0 amide bonds. The molecule has 1 unspecified atom stereocenters. The molecule has 2 heteroatoms. The van der Waals surface area contributed by atoms with Crippen LogP contribution in [0.15, 0.2) is 12.1 Å². The maximum atomic E-state index is 6.44. The summed E-state index contributed by atoms with van der Waals surface area (Å²) >= 11 is 0. The van der Waals surface area contributed by atoms with E-state index in [1.54, 1.807) is 0 Å². The van der Waals surface area contributed by atoms with E-state index in [9.17, 15) is 0 Å². The van der Waals surface area contributed by atoms with Crippen molar-refractivity contribution in [2.75, 3.05) is 6.61 Å². The fourth-order valence-corrected chi connectivity index (χ4v) is 2.82. The molecule has 1 aromatic rings. The third-order valence-corrected chi connectivity index (χ3v) is 4.21. The van der Waals surface area contributed by atoms with Gasteiger partial charge in [0.1, 0.15) is 5.75 Å². The standard InChI is InChI=1S/C21H37NO/c1-9-11-18(22)15-13-16(20(3,4)5)19(23-12-10-2)17(14-15)21(6,7)8/h13-14,18H,9-12,22H2,1-8H3. The molecule has 1 rings (SSSR count). The largest absolute Gasteiger partial charge is 0.493 e. The lowest BCUT2D eigenvalue weighted by atomic mass is 9.77. The van der Waals surface area contributed by atoms with Crippen LogP contribution in [0.25, 0.3) is 0 Å². The molecule has 132 valence electrons. The van der Waals surface area contributed by atoms with Gasteiger partial charge in [0, 0.05) is 17.2 Å². The van der Waals surface area contributed by atoms with Gasteiger partial charge in [0.25, 0.3) is 0 Å². The van der Waals surface area contributed by atoms with Crippen molar-refractivity contribution in [3.8, 4) is 5.75 Å². The molecule has 0 heterocycles. The normalized spacial score (nSPS) is 14.0. The second-order valence-electron chi connectivity index (χ2n) is 8.69. The number of rotatable bonds is 6. The van der Waals surface area contributed by atoms with Gasteiger partial charge in [0.15, 0.2) is 0 Å². The average molecular weight is 320 g/mol. The highest BCUT2D eigenvalue weighted by molar-refractivity contribution is 5.51. The molecule has 0 aliphatic carbocycles. The van der Waals surface area contributed by atoms with Crippen LogP contribution in [-0.4, -0.2) is 6.61 Å². The topological polar surface area (TPSA) is 35.2 Å². The Bertz CT molecular complexity index is 471. The highest BCUT2D eigenvalue weighted by atomic mass is 16.5. The quantitative estimate of drug-likeness (QED) is 0.711. The van der Waals surface area contributed by atoms with Crippen LogP contribution in [0.2, 0.25) is 0 Å². The fraction of sp³-hybridized carbons (Fsp3) is 0.714. The first-order valence-electron chi connectivity index (χ1n) is 9.09. The number of benzene rings is 1.